The Bertz CT molecular complexity index is 574. The Labute approximate surface area is 119 Å². The van der Waals surface area contributed by atoms with Gasteiger partial charge in [-0.25, -0.2) is 4.98 Å². The molecule has 21 heavy (non-hydrogen) atoms. The Morgan fingerprint density at radius 2 is 2.19 bits per heavy atom. The van der Waals surface area contributed by atoms with Crippen molar-refractivity contribution < 1.29 is 24.9 Å². The van der Waals surface area contributed by atoms with Crippen molar-refractivity contribution in [1.29, 1.82) is 0 Å². The summed E-state index contributed by atoms with van der Waals surface area (Å²) in [7, 11) is 0. The molecule has 2 aliphatic heterocycles. The highest BCUT2D eigenvalue weighted by molar-refractivity contribution is 5.99. The molecule has 0 saturated carbocycles. The van der Waals surface area contributed by atoms with Crippen LogP contribution in [-0.2, 0) is 4.74 Å². The molecule has 1 amide bonds. The number of imidazole rings is 1. The molecule has 3 heterocycles. The zero-order valence-corrected chi connectivity index (χ0v) is 11.0. The first kappa shape index (κ1) is 14.0. The summed E-state index contributed by atoms with van der Waals surface area (Å²) in [5.74, 6) is -0.0161. The number of rotatable bonds is 3. The fraction of sp³-hybridized carbons (Fsp3) is 0.500. The van der Waals surface area contributed by atoms with Crippen LogP contribution in [0.4, 0.5) is 5.82 Å². The molecule has 0 spiro atoms. The van der Waals surface area contributed by atoms with Crippen molar-refractivity contribution >= 4 is 11.7 Å². The molecule has 1 aromatic rings. The molecule has 2 aliphatic rings. The van der Waals surface area contributed by atoms with E-state index in [9.17, 15) is 15.0 Å². The van der Waals surface area contributed by atoms with Gasteiger partial charge in [0.25, 0.3) is 5.91 Å². The van der Waals surface area contributed by atoms with E-state index in [1.54, 1.807) is 0 Å². The molecular weight excluding hydrogens is 280 g/mol. The average molecular weight is 296 g/mol. The molecule has 0 radical (unpaired) electrons. The molecule has 1 fully saturated rings. The van der Waals surface area contributed by atoms with Gasteiger partial charge in [-0.15, -0.1) is 0 Å². The molecule has 1 saturated heterocycles. The Hall–Kier alpha value is -1.94. The normalized spacial score (nSPS) is 35.0. The zero-order chi connectivity index (χ0) is 15.1. The lowest BCUT2D eigenvalue weighted by Gasteiger charge is -2.26. The summed E-state index contributed by atoms with van der Waals surface area (Å²) in [6.45, 7) is 3.17. The van der Waals surface area contributed by atoms with Gasteiger partial charge in [0.15, 0.2) is 11.9 Å². The van der Waals surface area contributed by atoms with E-state index in [1.165, 1.54) is 17.0 Å². The third-order valence-corrected chi connectivity index (χ3v) is 3.61. The van der Waals surface area contributed by atoms with Gasteiger partial charge < -0.3 is 30.7 Å². The SMILES string of the molecule is C=CC1NC(=O)c2ncn([C@@H]3O[C@H](CO)[C@@H](O)[C@H]3O)c2N1. The summed E-state index contributed by atoms with van der Waals surface area (Å²) < 4.78 is 6.85. The third kappa shape index (κ3) is 2.10. The van der Waals surface area contributed by atoms with Gasteiger partial charge in [0.2, 0.25) is 0 Å². The van der Waals surface area contributed by atoms with Crippen LogP contribution in [0.2, 0.25) is 0 Å². The Kier molecular flexibility index (Phi) is 3.41. The molecule has 3 rings (SSSR count). The number of carbonyl (C=O) groups excluding carboxylic acids is 1. The number of aromatic nitrogens is 2. The first-order valence-corrected chi connectivity index (χ1v) is 6.46. The summed E-state index contributed by atoms with van der Waals surface area (Å²) >= 11 is 0. The van der Waals surface area contributed by atoms with Crippen LogP contribution in [0.1, 0.15) is 16.7 Å². The lowest BCUT2D eigenvalue weighted by atomic mass is 10.1. The molecule has 114 valence electrons. The summed E-state index contributed by atoms with van der Waals surface area (Å²) in [5, 5.41) is 34.6. The lowest BCUT2D eigenvalue weighted by molar-refractivity contribution is -0.0519. The predicted molar refractivity (Wildman–Crippen MR) is 70.3 cm³/mol. The van der Waals surface area contributed by atoms with Gasteiger partial charge in [-0.05, 0) is 6.08 Å². The number of hydrogen-bond donors (Lipinski definition) is 5. The summed E-state index contributed by atoms with van der Waals surface area (Å²) in [4.78, 5) is 15.9. The molecule has 1 unspecified atom stereocenters. The summed E-state index contributed by atoms with van der Waals surface area (Å²) in [5.41, 5.74) is 0.158. The second-order valence-electron chi connectivity index (χ2n) is 4.91. The number of ether oxygens (including phenoxy) is 1. The number of nitrogens with one attached hydrogen (secondary N) is 2. The van der Waals surface area contributed by atoms with Crippen molar-refractivity contribution in [1.82, 2.24) is 14.9 Å². The molecule has 0 aliphatic carbocycles. The maximum absolute atomic E-state index is 11.9. The number of fused-ring (bicyclic) bond motifs is 1. The minimum atomic E-state index is -1.24. The Morgan fingerprint density at radius 1 is 1.43 bits per heavy atom. The maximum Gasteiger partial charge on any atom is 0.275 e. The van der Waals surface area contributed by atoms with Crippen molar-refractivity contribution in [2.75, 3.05) is 11.9 Å². The number of carbonyl (C=O) groups is 1. The second-order valence-corrected chi connectivity index (χ2v) is 4.91. The van der Waals surface area contributed by atoms with E-state index in [1.807, 2.05) is 0 Å². The number of aliphatic hydroxyl groups is 3. The lowest BCUT2D eigenvalue weighted by Crippen LogP contribution is -2.44. The highest BCUT2D eigenvalue weighted by Crippen LogP contribution is 2.33. The highest BCUT2D eigenvalue weighted by atomic mass is 16.6. The van der Waals surface area contributed by atoms with Crippen LogP contribution in [0.15, 0.2) is 19.0 Å². The first-order chi connectivity index (χ1) is 10.1. The van der Waals surface area contributed by atoms with Crippen molar-refractivity contribution in [3.05, 3.63) is 24.7 Å². The minimum Gasteiger partial charge on any atom is -0.394 e. The number of amides is 1. The fourth-order valence-electron chi connectivity index (χ4n) is 2.48. The number of hydrogen-bond acceptors (Lipinski definition) is 7. The smallest absolute Gasteiger partial charge is 0.275 e. The van der Waals surface area contributed by atoms with Gasteiger partial charge in [0.05, 0.1) is 12.9 Å². The molecular formula is C12H16N4O5. The second kappa shape index (κ2) is 5.11. The Morgan fingerprint density at radius 3 is 2.81 bits per heavy atom. The molecule has 5 atom stereocenters. The van der Waals surface area contributed by atoms with E-state index < -0.39 is 37.3 Å². The van der Waals surface area contributed by atoms with Crippen molar-refractivity contribution in [2.24, 2.45) is 0 Å². The highest BCUT2D eigenvalue weighted by Gasteiger charge is 2.45. The molecule has 0 aromatic carbocycles. The van der Waals surface area contributed by atoms with Crippen LogP contribution in [0.5, 0.6) is 0 Å². The quantitative estimate of drug-likeness (QED) is 0.415. The van der Waals surface area contributed by atoms with Gasteiger partial charge in [0.1, 0.15) is 30.3 Å². The monoisotopic (exact) mass is 296 g/mol. The molecule has 1 aromatic heterocycles. The Balaban J connectivity index is 1.95. The van der Waals surface area contributed by atoms with Crippen LogP contribution in [-0.4, -0.2) is 61.9 Å². The molecule has 9 nitrogen and oxygen atoms in total. The van der Waals surface area contributed by atoms with Crippen LogP contribution in [0, 0.1) is 0 Å². The standard InChI is InChI=1S/C12H16N4O5/c1-2-6-14-10-7(11(20)15-6)13-4-16(10)12-9(19)8(18)5(3-17)21-12/h2,4-6,8-9,12,14,17-19H,1,3H2,(H,15,20)/t5-,6?,8-,9-,12-/m1/s1. The molecule has 9 heteroatoms. The van der Waals surface area contributed by atoms with E-state index in [0.29, 0.717) is 5.82 Å². The zero-order valence-electron chi connectivity index (χ0n) is 11.0. The van der Waals surface area contributed by atoms with E-state index in [4.69, 9.17) is 9.84 Å². The summed E-state index contributed by atoms with van der Waals surface area (Å²) in [6.07, 6.45) is -1.93. The summed E-state index contributed by atoms with van der Waals surface area (Å²) in [6, 6.07) is 0. The number of nitrogens with zero attached hydrogens (tertiary/aromatic N) is 2. The van der Waals surface area contributed by atoms with Crippen molar-refractivity contribution in [3.8, 4) is 0 Å². The van der Waals surface area contributed by atoms with E-state index in [2.05, 4.69) is 22.2 Å². The van der Waals surface area contributed by atoms with Crippen LogP contribution in [0.25, 0.3) is 0 Å². The van der Waals surface area contributed by atoms with Crippen molar-refractivity contribution in [2.45, 2.75) is 30.7 Å². The minimum absolute atomic E-state index is 0.158. The number of aliphatic hydroxyl groups excluding tert-OH is 3. The van der Waals surface area contributed by atoms with Gasteiger partial charge in [-0.2, -0.15) is 0 Å². The first-order valence-electron chi connectivity index (χ1n) is 6.46. The van der Waals surface area contributed by atoms with Crippen LogP contribution in [0.3, 0.4) is 0 Å². The van der Waals surface area contributed by atoms with Crippen LogP contribution < -0.4 is 10.6 Å². The average Bonchev–Trinajstić information content (AvgIpc) is 3.02. The van der Waals surface area contributed by atoms with Crippen LogP contribution >= 0.6 is 0 Å². The fourth-order valence-corrected chi connectivity index (χ4v) is 2.48. The topological polar surface area (TPSA) is 129 Å². The van der Waals surface area contributed by atoms with Gasteiger partial charge in [-0.3, -0.25) is 9.36 Å². The van der Waals surface area contributed by atoms with Gasteiger partial charge in [-0.1, -0.05) is 6.58 Å². The molecule has 5 N–H and O–H groups in total. The van der Waals surface area contributed by atoms with E-state index in [0.717, 1.165) is 0 Å². The van der Waals surface area contributed by atoms with Crippen molar-refractivity contribution in [3.63, 3.8) is 0 Å². The largest absolute Gasteiger partial charge is 0.394 e. The third-order valence-electron chi connectivity index (χ3n) is 3.61. The van der Waals surface area contributed by atoms with Gasteiger partial charge >= 0.3 is 0 Å². The van der Waals surface area contributed by atoms with E-state index in [-0.39, 0.29) is 11.6 Å². The predicted octanol–water partition coefficient (Wildman–Crippen LogP) is -1.84. The van der Waals surface area contributed by atoms with Gasteiger partial charge in [0, 0.05) is 0 Å². The maximum atomic E-state index is 11.9. The number of anilines is 1. The molecule has 0 bridgehead atoms. The van der Waals surface area contributed by atoms with E-state index >= 15 is 0 Å².